The number of hydrogen-bond acceptors (Lipinski definition) is 0. The van der Waals surface area contributed by atoms with E-state index in [1.165, 1.54) is 0 Å². The number of rotatable bonds is 3. The monoisotopic (exact) mass is 394 g/mol. The van der Waals surface area contributed by atoms with Crippen LogP contribution in [0.15, 0.2) is 0 Å². The van der Waals surface area contributed by atoms with Gasteiger partial charge in [0.2, 0.25) is 0 Å². The molecule has 0 aliphatic rings. The quantitative estimate of drug-likeness (QED) is 0.495. The smallest absolute Gasteiger partial charge is 0.659 e. The van der Waals surface area contributed by atoms with Gasteiger partial charge in [-0.3, -0.25) is 0 Å². The van der Waals surface area contributed by atoms with Crippen LogP contribution in [-0.2, 0) is 25.8 Å². The minimum atomic E-state index is 0. The second-order valence-corrected chi connectivity index (χ2v) is 5.66. The van der Waals surface area contributed by atoms with Crippen molar-refractivity contribution in [3.63, 3.8) is 0 Å². The first-order valence-electron chi connectivity index (χ1n) is 5.01. The van der Waals surface area contributed by atoms with Crippen LogP contribution < -0.4 is 0 Å². The molecule has 3 heteroatoms. The van der Waals surface area contributed by atoms with Crippen molar-refractivity contribution >= 4 is 0 Å². The first-order valence-corrected chi connectivity index (χ1v) is 5.01. The van der Waals surface area contributed by atoms with Crippen molar-refractivity contribution in [3.8, 4) is 0 Å². The topological polar surface area (TPSA) is 28.2 Å². The van der Waals surface area contributed by atoms with Gasteiger partial charge in [0, 0.05) is 0 Å². The largest absolute Gasteiger partial charge is 4.00 e. The third kappa shape index (κ3) is 20.2. The van der Waals surface area contributed by atoms with Crippen LogP contribution >= 0.6 is 0 Å². The van der Waals surface area contributed by atoms with E-state index >= 15 is 0 Å². The summed E-state index contributed by atoms with van der Waals surface area (Å²) in [6, 6.07) is 0.333. The fourth-order valence-electron chi connectivity index (χ4n) is 1.11. The normalized spacial score (nSPS) is 12.9. The molecule has 0 aromatic rings. The second-order valence-electron chi connectivity index (χ2n) is 5.66. The summed E-state index contributed by atoms with van der Waals surface area (Å²) in [5.74, 6) is 0. The van der Waals surface area contributed by atoms with Crippen LogP contribution in [0.4, 0.5) is 0 Å². The van der Waals surface area contributed by atoms with Gasteiger partial charge in [0.05, 0.1) is 0 Å². The molecule has 0 aliphatic carbocycles. The Labute approximate surface area is 123 Å². The van der Waals surface area contributed by atoms with Gasteiger partial charge in [0.25, 0.3) is 0 Å². The maximum absolute atomic E-state index is 4.62. The van der Waals surface area contributed by atoms with Crippen LogP contribution in [-0.4, -0.2) is 23.7 Å². The maximum atomic E-state index is 4.62. The molecule has 0 aromatic heterocycles. The van der Waals surface area contributed by atoms with Crippen LogP contribution in [0.25, 0.3) is 10.6 Å². The summed E-state index contributed by atoms with van der Waals surface area (Å²) in [6.45, 7) is 15.7. The Kier molecular flexibility index (Phi) is 15.6. The molecule has 0 rings (SSSR count). The SMILES string of the molecule is CC(C[N-]C(C)(C)C)[N-]C(C)(C)C.[CH3-].[CH3-].[Hf+4]. The third-order valence-electron chi connectivity index (χ3n) is 1.44. The molecule has 0 aliphatic heterocycles. The van der Waals surface area contributed by atoms with Gasteiger partial charge in [-0.15, -0.1) is 11.1 Å². The molecule has 0 amide bonds. The molecular weight excluding hydrogens is 363 g/mol. The molecule has 0 aromatic carbocycles. The Morgan fingerprint density at radius 3 is 1.50 bits per heavy atom. The molecular formula is C13H30HfN2. The Bertz CT molecular complexity index is 145. The van der Waals surface area contributed by atoms with Crippen LogP contribution in [0.3, 0.4) is 0 Å². The predicted molar refractivity (Wildman–Crippen MR) is 73.4 cm³/mol. The van der Waals surface area contributed by atoms with Crippen molar-refractivity contribution in [2.45, 2.75) is 65.6 Å². The molecule has 0 bridgehead atoms. The molecule has 0 heterocycles. The molecule has 0 saturated heterocycles. The van der Waals surface area contributed by atoms with Crippen LogP contribution in [0.5, 0.6) is 0 Å². The Morgan fingerprint density at radius 2 is 1.25 bits per heavy atom. The first kappa shape index (κ1) is 25.6. The van der Waals surface area contributed by atoms with Crippen LogP contribution in [0, 0.1) is 14.9 Å². The van der Waals surface area contributed by atoms with E-state index in [9.17, 15) is 0 Å². The van der Waals surface area contributed by atoms with Crippen molar-refractivity contribution in [1.29, 1.82) is 0 Å². The maximum Gasteiger partial charge on any atom is 4.00 e. The fraction of sp³-hybridized carbons (Fsp3) is 0.846. The molecule has 0 saturated carbocycles. The zero-order chi connectivity index (χ0) is 10.7. The molecule has 1 unspecified atom stereocenters. The molecule has 2 nitrogen and oxygen atoms in total. The molecule has 1 atom stereocenters. The van der Waals surface area contributed by atoms with Crippen molar-refractivity contribution in [2.24, 2.45) is 0 Å². The minimum Gasteiger partial charge on any atom is -0.659 e. The summed E-state index contributed by atoms with van der Waals surface area (Å²) in [7, 11) is 0. The third-order valence-corrected chi connectivity index (χ3v) is 1.44. The molecule has 96 valence electrons. The van der Waals surface area contributed by atoms with Gasteiger partial charge in [-0.25, -0.2) is 0 Å². The van der Waals surface area contributed by atoms with Gasteiger partial charge in [0.15, 0.2) is 0 Å². The van der Waals surface area contributed by atoms with Crippen molar-refractivity contribution in [3.05, 3.63) is 25.5 Å². The summed E-state index contributed by atoms with van der Waals surface area (Å²) in [5, 5.41) is 9.17. The predicted octanol–water partition coefficient (Wildman–Crippen LogP) is 4.62. The van der Waals surface area contributed by atoms with Gasteiger partial charge >= 0.3 is 25.8 Å². The zero-order valence-electron chi connectivity index (χ0n) is 12.7. The zero-order valence-corrected chi connectivity index (χ0v) is 16.3. The van der Waals surface area contributed by atoms with Crippen molar-refractivity contribution < 1.29 is 25.8 Å². The number of nitrogens with zero attached hydrogens (tertiary/aromatic N) is 2. The Hall–Kier alpha value is 0.790. The van der Waals surface area contributed by atoms with E-state index < -0.39 is 0 Å². The van der Waals surface area contributed by atoms with Gasteiger partial charge in [-0.2, -0.15) is 12.6 Å². The van der Waals surface area contributed by atoms with Crippen molar-refractivity contribution in [1.82, 2.24) is 0 Å². The number of hydrogen-bond donors (Lipinski definition) is 0. The summed E-state index contributed by atoms with van der Waals surface area (Å²) in [4.78, 5) is 0. The van der Waals surface area contributed by atoms with E-state index in [1.54, 1.807) is 0 Å². The Balaban J connectivity index is -0.000000240. The van der Waals surface area contributed by atoms with Crippen molar-refractivity contribution in [2.75, 3.05) is 6.54 Å². The molecule has 0 radical (unpaired) electrons. The molecule has 0 fully saturated rings. The van der Waals surface area contributed by atoms with Crippen LogP contribution in [0.2, 0.25) is 0 Å². The van der Waals surface area contributed by atoms with Gasteiger partial charge in [0.1, 0.15) is 0 Å². The summed E-state index contributed by atoms with van der Waals surface area (Å²) >= 11 is 0. The summed E-state index contributed by atoms with van der Waals surface area (Å²) in [5.41, 5.74) is 0.133. The van der Waals surface area contributed by atoms with E-state index in [1.807, 2.05) is 0 Å². The fourth-order valence-corrected chi connectivity index (χ4v) is 1.11. The van der Waals surface area contributed by atoms with E-state index in [0.717, 1.165) is 6.54 Å². The van der Waals surface area contributed by atoms with E-state index in [2.05, 4.69) is 59.1 Å². The minimum absolute atomic E-state index is 0. The van der Waals surface area contributed by atoms with Crippen LogP contribution in [0.1, 0.15) is 48.5 Å². The van der Waals surface area contributed by atoms with Gasteiger partial charge in [-0.1, -0.05) is 48.5 Å². The average Bonchev–Trinajstić information content (AvgIpc) is 1.78. The molecule has 16 heavy (non-hydrogen) atoms. The molecule has 0 N–H and O–H groups in total. The summed E-state index contributed by atoms with van der Waals surface area (Å²) < 4.78 is 0. The second kappa shape index (κ2) is 9.78. The summed E-state index contributed by atoms with van der Waals surface area (Å²) in [6.07, 6.45) is 0. The van der Waals surface area contributed by atoms with Gasteiger partial charge in [-0.05, 0) is 0 Å². The standard InChI is InChI=1S/C11H24N2.2CH3.Hf/c1-9(13-11(5,6)7)8-12-10(2,3)4;;;/h9H,8H2,1-7H3;2*1H3;/q-2;2*-1;+4. The average molecular weight is 393 g/mol. The van der Waals surface area contributed by atoms with E-state index in [-0.39, 0.29) is 51.8 Å². The van der Waals surface area contributed by atoms with Gasteiger partial charge < -0.3 is 25.5 Å². The van der Waals surface area contributed by atoms with E-state index in [0.29, 0.717) is 6.04 Å². The molecule has 0 spiro atoms. The van der Waals surface area contributed by atoms with E-state index in [4.69, 9.17) is 0 Å². The first-order chi connectivity index (χ1) is 5.60. The Morgan fingerprint density at radius 1 is 0.875 bits per heavy atom.